The summed E-state index contributed by atoms with van der Waals surface area (Å²) in [5.74, 6) is 0.179. The number of nitro groups is 1. The van der Waals surface area contributed by atoms with Crippen LogP contribution in [0.4, 0.5) is 10.7 Å². The molecule has 0 radical (unpaired) electrons. The average Bonchev–Trinajstić information content (AvgIpc) is 3.49. The van der Waals surface area contributed by atoms with E-state index in [-0.39, 0.29) is 23.7 Å². The van der Waals surface area contributed by atoms with Crippen LogP contribution in [-0.2, 0) is 17.6 Å². The first-order valence-electron chi connectivity index (χ1n) is 12.0. The Bertz CT molecular complexity index is 1390. The number of esters is 1. The van der Waals surface area contributed by atoms with Crippen molar-refractivity contribution in [2.75, 3.05) is 11.9 Å². The Hall–Kier alpha value is -3.55. The fourth-order valence-electron chi connectivity index (χ4n) is 4.41. The molecular weight excluding hydrogens is 508 g/mol. The topological polar surface area (TPSA) is 118 Å². The Labute approximate surface area is 223 Å². The SMILES string of the molecule is CCOC(=O)c1c(N/C=C(/C#N)c2nc(-c3ccc([N+](=O)[O-])cc3)cs2)sc2c1CCC(C(C)(C)C)C2. The summed E-state index contributed by atoms with van der Waals surface area (Å²) in [6.45, 7) is 8.84. The van der Waals surface area contributed by atoms with E-state index in [1.54, 1.807) is 36.6 Å². The number of hydrogen-bond acceptors (Lipinski definition) is 9. The number of benzene rings is 1. The summed E-state index contributed by atoms with van der Waals surface area (Å²) < 4.78 is 5.37. The van der Waals surface area contributed by atoms with Gasteiger partial charge in [-0.1, -0.05) is 20.8 Å². The molecule has 0 bridgehead atoms. The van der Waals surface area contributed by atoms with Crippen LogP contribution in [0, 0.1) is 32.8 Å². The molecule has 1 atom stereocenters. The predicted octanol–water partition coefficient (Wildman–Crippen LogP) is 7.08. The van der Waals surface area contributed by atoms with Crippen molar-refractivity contribution in [3.8, 4) is 17.3 Å². The van der Waals surface area contributed by atoms with Crippen molar-refractivity contribution in [2.24, 2.45) is 11.3 Å². The van der Waals surface area contributed by atoms with E-state index in [2.05, 4.69) is 37.1 Å². The van der Waals surface area contributed by atoms with Gasteiger partial charge in [0, 0.05) is 34.2 Å². The zero-order chi connectivity index (χ0) is 26.7. The Balaban J connectivity index is 1.61. The van der Waals surface area contributed by atoms with E-state index >= 15 is 0 Å². The third-order valence-corrected chi connectivity index (χ3v) is 8.61. The highest BCUT2D eigenvalue weighted by atomic mass is 32.1. The highest BCUT2D eigenvalue weighted by Gasteiger charge is 2.34. The van der Waals surface area contributed by atoms with Crippen molar-refractivity contribution in [3.63, 3.8) is 0 Å². The lowest BCUT2D eigenvalue weighted by molar-refractivity contribution is -0.384. The molecule has 0 saturated carbocycles. The first kappa shape index (κ1) is 26.5. The normalized spacial score (nSPS) is 15.5. The number of thiophene rings is 1. The number of nitrogens with zero attached hydrogens (tertiary/aromatic N) is 3. The zero-order valence-electron chi connectivity index (χ0n) is 21.2. The molecule has 1 aromatic carbocycles. The molecule has 192 valence electrons. The maximum absolute atomic E-state index is 12.9. The maximum atomic E-state index is 12.9. The van der Waals surface area contributed by atoms with E-state index in [1.807, 2.05) is 5.38 Å². The lowest BCUT2D eigenvalue weighted by atomic mass is 9.72. The van der Waals surface area contributed by atoms with Crippen molar-refractivity contribution in [1.82, 2.24) is 4.98 Å². The van der Waals surface area contributed by atoms with Gasteiger partial charge in [-0.05, 0) is 55.2 Å². The standard InChI is InChI=1S/C27H28N4O4S2/c1-5-35-26(32)23-20-11-8-18(27(2,3)4)12-22(20)37-25(23)29-14-17(13-28)24-30-21(15-36-24)16-6-9-19(10-7-16)31(33)34/h6-7,9-10,14-15,18,29H,5,8,11-12H2,1-4H3/b17-14-. The smallest absolute Gasteiger partial charge is 0.341 e. The number of ether oxygens (including phenoxy) is 1. The van der Waals surface area contributed by atoms with Crippen molar-refractivity contribution < 1.29 is 14.5 Å². The van der Waals surface area contributed by atoms with E-state index in [9.17, 15) is 20.2 Å². The summed E-state index contributed by atoms with van der Waals surface area (Å²) in [5.41, 5.74) is 3.48. The quantitative estimate of drug-likeness (QED) is 0.148. The molecule has 1 aliphatic carbocycles. The number of nitro benzene ring substituents is 1. The molecule has 0 saturated heterocycles. The number of anilines is 1. The largest absolute Gasteiger partial charge is 0.462 e. The molecule has 0 aliphatic heterocycles. The zero-order valence-corrected chi connectivity index (χ0v) is 22.8. The highest BCUT2D eigenvalue weighted by molar-refractivity contribution is 7.16. The molecule has 4 rings (SSSR count). The van der Waals surface area contributed by atoms with Gasteiger partial charge < -0.3 is 10.1 Å². The van der Waals surface area contributed by atoms with Crippen LogP contribution in [0.15, 0.2) is 35.8 Å². The van der Waals surface area contributed by atoms with Gasteiger partial charge in [0.1, 0.15) is 21.7 Å². The van der Waals surface area contributed by atoms with Crippen LogP contribution in [0.1, 0.15) is 59.9 Å². The van der Waals surface area contributed by atoms with E-state index in [0.717, 1.165) is 30.4 Å². The summed E-state index contributed by atoms with van der Waals surface area (Å²) >= 11 is 2.86. The van der Waals surface area contributed by atoms with Gasteiger partial charge >= 0.3 is 5.97 Å². The molecule has 1 aliphatic rings. The molecule has 1 unspecified atom stereocenters. The minimum atomic E-state index is -0.450. The predicted molar refractivity (Wildman–Crippen MR) is 147 cm³/mol. The number of carbonyl (C=O) groups excluding carboxylic acids is 1. The maximum Gasteiger partial charge on any atom is 0.341 e. The summed E-state index contributed by atoms with van der Waals surface area (Å²) in [5, 5.41) is 26.9. The van der Waals surface area contributed by atoms with Crippen LogP contribution in [-0.4, -0.2) is 22.5 Å². The number of nitrogens with one attached hydrogen (secondary N) is 1. The second kappa shape index (κ2) is 10.8. The van der Waals surface area contributed by atoms with E-state index in [0.29, 0.717) is 32.8 Å². The van der Waals surface area contributed by atoms with E-state index in [4.69, 9.17) is 4.74 Å². The monoisotopic (exact) mass is 536 g/mol. The van der Waals surface area contributed by atoms with Gasteiger partial charge in [0.15, 0.2) is 0 Å². The second-order valence-electron chi connectivity index (χ2n) is 9.89. The van der Waals surface area contributed by atoms with Gasteiger partial charge in [-0.2, -0.15) is 5.26 Å². The summed E-state index contributed by atoms with van der Waals surface area (Å²) in [6, 6.07) is 8.31. The number of allylic oxidation sites excluding steroid dienone is 1. The molecule has 1 N–H and O–H groups in total. The van der Waals surface area contributed by atoms with Crippen molar-refractivity contribution in [2.45, 2.75) is 47.0 Å². The number of aromatic nitrogens is 1. The number of carbonyl (C=O) groups is 1. The molecule has 2 aromatic heterocycles. The molecule has 0 fully saturated rings. The van der Waals surface area contributed by atoms with Gasteiger partial charge in [0.2, 0.25) is 0 Å². The molecule has 37 heavy (non-hydrogen) atoms. The minimum absolute atomic E-state index is 0.00545. The van der Waals surface area contributed by atoms with Gasteiger partial charge in [-0.25, -0.2) is 9.78 Å². The van der Waals surface area contributed by atoms with Crippen LogP contribution < -0.4 is 5.32 Å². The fourth-order valence-corrected chi connectivity index (χ4v) is 6.49. The van der Waals surface area contributed by atoms with Crippen LogP contribution in [0.3, 0.4) is 0 Å². The van der Waals surface area contributed by atoms with Gasteiger partial charge in [-0.15, -0.1) is 22.7 Å². The van der Waals surface area contributed by atoms with Crippen molar-refractivity contribution in [1.29, 1.82) is 5.26 Å². The third kappa shape index (κ3) is 5.73. The van der Waals surface area contributed by atoms with Crippen molar-refractivity contribution >= 4 is 44.9 Å². The third-order valence-electron chi connectivity index (χ3n) is 6.55. The molecule has 2 heterocycles. The fraction of sp³-hybridized carbons (Fsp3) is 0.370. The number of non-ortho nitro benzene ring substituents is 1. The molecule has 8 nitrogen and oxygen atoms in total. The molecule has 0 spiro atoms. The van der Waals surface area contributed by atoms with Crippen LogP contribution in [0.5, 0.6) is 0 Å². The highest BCUT2D eigenvalue weighted by Crippen LogP contribution is 2.44. The van der Waals surface area contributed by atoms with Gasteiger partial charge in [0.05, 0.1) is 22.8 Å². The van der Waals surface area contributed by atoms with Gasteiger partial charge in [-0.3, -0.25) is 10.1 Å². The van der Waals surface area contributed by atoms with E-state index < -0.39 is 4.92 Å². The Morgan fingerprint density at radius 3 is 2.70 bits per heavy atom. The van der Waals surface area contributed by atoms with Crippen molar-refractivity contribution in [3.05, 3.63) is 67.0 Å². The molecular formula is C27H28N4O4S2. The average molecular weight is 537 g/mol. The summed E-state index contributed by atoms with van der Waals surface area (Å²) in [7, 11) is 0. The van der Waals surface area contributed by atoms with Gasteiger partial charge in [0.25, 0.3) is 5.69 Å². The lowest BCUT2D eigenvalue weighted by Crippen LogP contribution is -2.26. The number of rotatable bonds is 7. The number of fused-ring (bicyclic) bond motifs is 1. The Morgan fingerprint density at radius 2 is 2.08 bits per heavy atom. The number of hydrogen-bond donors (Lipinski definition) is 1. The minimum Gasteiger partial charge on any atom is -0.462 e. The molecule has 3 aromatic rings. The first-order chi connectivity index (χ1) is 17.6. The second-order valence-corrected chi connectivity index (χ2v) is 11.9. The van der Waals surface area contributed by atoms with Crippen LogP contribution in [0.25, 0.3) is 16.8 Å². The number of thiazole rings is 1. The summed E-state index contributed by atoms with van der Waals surface area (Å²) in [6.07, 6.45) is 4.34. The number of nitriles is 1. The van der Waals surface area contributed by atoms with E-state index in [1.165, 1.54) is 28.3 Å². The first-order valence-corrected chi connectivity index (χ1v) is 13.7. The summed E-state index contributed by atoms with van der Waals surface area (Å²) in [4.78, 5) is 29.1. The molecule has 10 heteroatoms. The molecule has 0 amide bonds. The Kier molecular flexibility index (Phi) is 7.76. The lowest BCUT2D eigenvalue weighted by Gasteiger charge is -2.33. The Morgan fingerprint density at radius 1 is 1.35 bits per heavy atom. The van der Waals surface area contributed by atoms with Crippen LogP contribution >= 0.6 is 22.7 Å². The van der Waals surface area contributed by atoms with Crippen LogP contribution in [0.2, 0.25) is 0 Å².